The van der Waals surface area contributed by atoms with Crippen molar-refractivity contribution >= 4 is 34.9 Å². The highest BCUT2D eigenvalue weighted by Gasteiger charge is 2.16. The minimum absolute atomic E-state index is 0.161. The molecule has 3 N–H and O–H groups in total. The Morgan fingerprint density at radius 3 is 2.76 bits per heavy atom. The molecule has 3 heterocycles. The maximum absolute atomic E-state index is 12.5. The minimum Gasteiger partial charge on any atom is -0.343 e. The Labute approximate surface area is 149 Å². The second-order valence-electron chi connectivity index (χ2n) is 5.48. The van der Waals surface area contributed by atoms with Gasteiger partial charge in [-0.1, -0.05) is 6.07 Å². The molecule has 0 aliphatic carbocycles. The molecule has 1 amide bonds. The van der Waals surface area contributed by atoms with E-state index in [0.29, 0.717) is 11.5 Å². The molecule has 0 radical (unpaired) electrons. The van der Waals surface area contributed by atoms with Gasteiger partial charge in [0, 0.05) is 17.6 Å². The Hall–Kier alpha value is -3.06. The lowest BCUT2D eigenvalue weighted by molar-refractivity contribution is -0.112. The van der Waals surface area contributed by atoms with Crippen molar-refractivity contribution in [2.45, 2.75) is 13.8 Å². The maximum atomic E-state index is 12.5. The van der Waals surface area contributed by atoms with Crippen molar-refractivity contribution in [3.05, 3.63) is 59.0 Å². The number of rotatable bonds is 4. The summed E-state index contributed by atoms with van der Waals surface area (Å²) in [5.41, 5.74) is 3.23. The minimum atomic E-state index is -0.408. The SMILES string of the molecule is CC1=CC(C)=N/C(=C(/C=N)C(=O)Nc2ccc(-c3cccs3)nc2)N1. The normalized spacial score (nSPS) is 15.6. The van der Waals surface area contributed by atoms with Crippen molar-refractivity contribution in [2.75, 3.05) is 5.32 Å². The molecule has 1 aliphatic rings. The third-order valence-electron chi connectivity index (χ3n) is 3.47. The molecule has 0 spiro atoms. The predicted molar refractivity (Wildman–Crippen MR) is 102 cm³/mol. The van der Waals surface area contributed by atoms with Gasteiger partial charge in [0.25, 0.3) is 5.91 Å². The van der Waals surface area contributed by atoms with Crippen LogP contribution in [0.3, 0.4) is 0 Å². The number of hydrogen-bond acceptors (Lipinski definition) is 6. The van der Waals surface area contributed by atoms with Crippen molar-refractivity contribution in [3.63, 3.8) is 0 Å². The van der Waals surface area contributed by atoms with E-state index in [1.807, 2.05) is 43.5 Å². The number of thiophene rings is 1. The Morgan fingerprint density at radius 1 is 1.32 bits per heavy atom. The van der Waals surface area contributed by atoms with Crippen LogP contribution < -0.4 is 10.6 Å². The van der Waals surface area contributed by atoms with E-state index in [9.17, 15) is 4.79 Å². The summed E-state index contributed by atoms with van der Waals surface area (Å²) in [4.78, 5) is 22.2. The van der Waals surface area contributed by atoms with Crippen molar-refractivity contribution in [2.24, 2.45) is 4.99 Å². The van der Waals surface area contributed by atoms with Crippen LogP contribution in [0, 0.1) is 5.41 Å². The monoisotopic (exact) mass is 351 g/mol. The topological polar surface area (TPSA) is 90.2 Å². The van der Waals surface area contributed by atoms with Crippen molar-refractivity contribution in [1.82, 2.24) is 10.3 Å². The van der Waals surface area contributed by atoms with Crippen LogP contribution in [0.4, 0.5) is 5.69 Å². The molecule has 7 heteroatoms. The average Bonchev–Trinajstić information content (AvgIpc) is 3.10. The molecule has 25 heavy (non-hydrogen) atoms. The van der Waals surface area contributed by atoms with Crippen LogP contribution in [-0.2, 0) is 4.79 Å². The summed E-state index contributed by atoms with van der Waals surface area (Å²) in [6, 6.07) is 7.61. The molecular formula is C18H17N5OS. The van der Waals surface area contributed by atoms with E-state index in [0.717, 1.165) is 28.2 Å². The predicted octanol–water partition coefficient (Wildman–Crippen LogP) is 3.58. The zero-order valence-corrected chi connectivity index (χ0v) is 14.6. The molecular weight excluding hydrogens is 334 g/mol. The van der Waals surface area contributed by atoms with E-state index >= 15 is 0 Å². The highest BCUT2D eigenvalue weighted by molar-refractivity contribution is 7.13. The molecule has 2 aromatic rings. The van der Waals surface area contributed by atoms with E-state index in [1.165, 1.54) is 0 Å². The molecule has 0 saturated carbocycles. The van der Waals surface area contributed by atoms with Gasteiger partial charge in [0.1, 0.15) is 5.82 Å². The Morgan fingerprint density at radius 2 is 2.16 bits per heavy atom. The first-order valence-electron chi connectivity index (χ1n) is 7.63. The zero-order valence-electron chi connectivity index (χ0n) is 13.8. The number of nitrogens with one attached hydrogen (secondary N) is 3. The number of amides is 1. The highest BCUT2D eigenvalue weighted by Crippen LogP contribution is 2.23. The molecule has 1 aliphatic heterocycles. The molecule has 0 saturated heterocycles. The van der Waals surface area contributed by atoms with Crippen molar-refractivity contribution < 1.29 is 4.79 Å². The van der Waals surface area contributed by atoms with Crippen molar-refractivity contribution in [3.8, 4) is 10.6 Å². The van der Waals surface area contributed by atoms with Gasteiger partial charge in [-0.25, -0.2) is 4.99 Å². The molecule has 0 bridgehead atoms. The largest absolute Gasteiger partial charge is 0.343 e. The first-order valence-corrected chi connectivity index (χ1v) is 8.51. The van der Waals surface area contributed by atoms with Crippen LogP contribution in [-0.4, -0.2) is 22.8 Å². The average molecular weight is 351 g/mol. The lowest BCUT2D eigenvalue weighted by Gasteiger charge is -2.16. The third-order valence-corrected chi connectivity index (χ3v) is 4.36. The summed E-state index contributed by atoms with van der Waals surface area (Å²) in [6.45, 7) is 3.72. The van der Waals surface area contributed by atoms with Crippen LogP contribution in [0.15, 0.2) is 64.0 Å². The van der Waals surface area contributed by atoms with Crippen LogP contribution in [0.2, 0.25) is 0 Å². The molecule has 6 nitrogen and oxygen atoms in total. The van der Waals surface area contributed by atoms with Gasteiger partial charge in [-0.15, -0.1) is 11.3 Å². The second kappa shape index (κ2) is 7.23. The quantitative estimate of drug-likeness (QED) is 0.581. The first kappa shape index (κ1) is 16.8. The smallest absolute Gasteiger partial charge is 0.261 e. The fourth-order valence-electron chi connectivity index (χ4n) is 2.38. The summed E-state index contributed by atoms with van der Waals surface area (Å²) >= 11 is 1.61. The highest BCUT2D eigenvalue weighted by atomic mass is 32.1. The van der Waals surface area contributed by atoms with E-state index in [2.05, 4.69) is 20.6 Å². The first-order chi connectivity index (χ1) is 12.1. The number of allylic oxidation sites excluding steroid dienone is 2. The number of nitrogens with zero attached hydrogens (tertiary/aromatic N) is 2. The molecule has 0 aromatic carbocycles. The second-order valence-corrected chi connectivity index (χ2v) is 6.42. The van der Waals surface area contributed by atoms with Gasteiger partial charge in [-0.3, -0.25) is 9.78 Å². The number of aromatic nitrogens is 1. The van der Waals surface area contributed by atoms with Crippen LogP contribution in [0.5, 0.6) is 0 Å². The van der Waals surface area contributed by atoms with Gasteiger partial charge in [0.15, 0.2) is 0 Å². The van der Waals surface area contributed by atoms with Gasteiger partial charge in [-0.05, 0) is 43.5 Å². The Bertz CT molecular complexity index is 892. The number of carbonyl (C=O) groups is 1. The van der Waals surface area contributed by atoms with Gasteiger partial charge in [0.2, 0.25) is 0 Å². The Kier molecular flexibility index (Phi) is 4.85. The number of pyridine rings is 1. The molecule has 0 unspecified atom stereocenters. The number of anilines is 1. The molecule has 0 atom stereocenters. The summed E-state index contributed by atoms with van der Waals surface area (Å²) in [5.74, 6) is -0.0393. The standard InChI is InChI=1S/C18H17N5OS/c1-11-8-12(2)22-17(21-11)14(9-19)18(24)23-13-5-6-15(20-10-13)16-4-3-7-25-16/h3-10,19,21H,1-2H3,(H,23,24)/b17-14-,19-9?. The third kappa shape index (κ3) is 3.89. The van der Waals surface area contributed by atoms with Crippen LogP contribution in [0.25, 0.3) is 10.6 Å². The molecule has 0 fully saturated rings. The van der Waals surface area contributed by atoms with Gasteiger partial charge in [0.05, 0.1) is 28.0 Å². The van der Waals surface area contributed by atoms with E-state index in [-0.39, 0.29) is 5.57 Å². The number of aliphatic imine (C=N–C) groups is 1. The van der Waals surface area contributed by atoms with Crippen LogP contribution in [0.1, 0.15) is 13.8 Å². The fraction of sp³-hybridized carbons (Fsp3) is 0.111. The van der Waals surface area contributed by atoms with Crippen molar-refractivity contribution in [1.29, 1.82) is 5.41 Å². The summed E-state index contributed by atoms with van der Waals surface area (Å²) in [5, 5.41) is 15.3. The number of hydrogen-bond donors (Lipinski definition) is 3. The van der Waals surface area contributed by atoms with Crippen LogP contribution >= 0.6 is 11.3 Å². The fourth-order valence-corrected chi connectivity index (χ4v) is 3.08. The maximum Gasteiger partial charge on any atom is 0.261 e. The lowest BCUT2D eigenvalue weighted by Crippen LogP contribution is -2.24. The molecule has 2 aromatic heterocycles. The van der Waals surface area contributed by atoms with E-state index < -0.39 is 5.91 Å². The number of carbonyl (C=O) groups excluding carboxylic acids is 1. The molecule has 3 rings (SSSR count). The summed E-state index contributed by atoms with van der Waals surface area (Å²) in [6.07, 6.45) is 4.48. The summed E-state index contributed by atoms with van der Waals surface area (Å²) in [7, 11) is 0. The lowest BCUT2D eigenvalue weighted by atomic mass is 10.2. The molecule has 126 valence electrons. The van der Waals surface area contributed by atoms with Gasteiger partial charge < -0.3 is 16.0 Å². The Balaban J connectivity index is 1.79. The van der Waals surface area contributed by atoms with Gasteiger partial charge in [-0.2, -0.15) is 0 Å². The van der Waals surface area contributed by atoms with E-state index in [1.54, 1.807) is 23.6 Å². The zero-order chi connectivity index (χ0) is 17.8. The van der Waals surface area contributed by atoms with E-state index in [4.69, 9.17) is 5.41 Å². The summed E-state index contributed by atoms with van der Waals surface area (Å²) < 4.78 is 0. The van der Waals surface area contributed by atoms with Gasteiger partial charge >= 0.3 is 0 Å².